The van der Waals surface area contributed by atoms with Crippen molar-refractivity contribution in [3.63, 3.8) is 0 Å². The Bertz CT molecular complexity index is 916. The molecule has 3 saturated carbocycles. The van der Waals surface area contributed by atoms with E-state index < -0.39 is 0 Å². The van der Waals surface area contributed by atoms with Crippen molar-refractivity contribution in [2.75, 3.05) is 46.0 Å². The van der Waals surface area contributed by atoms with Crippen molar-refractivity contribution in [3.8, 4) is 0 Å². The number of fused-ring (bicyclic) bond motifs is 5. The van der Waals surface area contributed by atoms with Crippen LogP contribution in [0.1, 0.15) is 112 Å². The minimum atomic E-state index is -0.357. The van der Waals surface area contributed by atoms with Crippen LogP contribution in [-0.4, -0.2) is 67.2 Å². The molecular formula is C37H66N2O4. The largest absolute Gasteiger partial charge is 0.449 e. The van der Waals surface area contributed by atoms with Crippen LogP contribution in [0.4, 0.5) is 4.79 Å². The van der Waals surface area contributed by atoms with Crippen molar-refractivity contribution in [1.82, 2.24) is 10.2 Å². The van der Waals surface area contributed by atoms with E-state index in [0.717, 1.165) is 54.3 Å². The number of ether oxygens (including phenoxy) is 1. The van der Waals surface area contributed by atoms with Crippen LogP contribution in [-0.2, 0) is 4.74 Å². The molecule has 43 heavy (non-hydrogen) atoms. The van der Waals surface area contributed by atoms with Crippen molar-refractivity contribution in [2.45, 2.75) is 112 Å². The number of rotatable bonds is 15. The zero-order valence-electron chi connectivity index (χ0n) is 28.6. The highest BCUT2D eigenvalue weighted by Gasteiger charge is 2.59. The lowest BCUT2D eigenvalue weighted by molar-refractivity contribution is -0.0544. The summed E-state index contributed by atoms with van der Waals surface area (Å²) < 4.78 is 5.67. The Labute approximate surface area is 263 Å². The van der Waals surface area contributed by atoms with Gasteiger partial charge < -0.3 is 20.3 Å². The average molecular weight is 603 g/mol. The van der Waals surface area contributed by atoms with Gasteiger partial charge in [0.05, 0.1) is 19.8 Å². The van der Waals surface area contributed by atoms with Gasteiger partial charge in [0.25, 0.3) is 0 Å². The van der Waals surface area contributed by atoms with Crippen LogP contribution < -0.4 is 5.32 Å². The average Bonchev–Trinajstić information content (AvgIpc) is 3.33. The molecule has 0 radical (unpaired) electrons. The van der Waals surface area contributed by atoms with Crippen LogP contribution in [0.2, 0.25) is 0 Å². The zero-order valence-corrected chi connectivity index (χ0v) is 28.6. The number of nitrogens with zero attached hydrogens (tertiary/aromatic N) is 1. The molecule has 248 valence electrons. The molecule has 2 unspecified atom stereocenters. The number of amides is 1. The molecule has 0 aromatic carbocycles. The highest BCUT2D eigenvalue weighted by atomic mass is 16.5. The molecule has 4 aliphatic carbocycles. The Hall–Kier alpha value is -1.11. The predicted octanol–water partition coefficient (Wildman–Crippen LogP) is 7.29. The van der Waals surface area contributed by atoms with Crippen LogP contribution in [0, 0.1) is 58.2 Å². The molecule has 0 aromatic heterocycles. The van der Waals surface area contributed by atoms with Gasteiger partial charge in [-0.25, -0.2) is 4.79 Å². The molecule has 0 saturated heterocycles. The summed E-state index contributed by atoms with van der Waals surface area (Å²) in [5.41, 5.74) is 2.50. The van der Waals surface area contributed by atoms with Crippen molar-refractivity contribution in [3.05, 3.63) is 11.6 Å². The number of carbonyl (C=O) groups is 1. The van der Waals surface area contributed by atoms with Crippen LogP contribution in [0.3, 0.4) is 0 Å². The molecule has 0 spiro atoms. The quantitative estimate of drug-likeness (QED) is 0.172. The summed E-state index contributed by atoms with van der Waals surface area (Å²) in [5, 5.41) is 21.2. The molecule has 0 aromatic rings. The molecule has 3 fully saturated rings. The van der Waals surface area contributed by atoms with Crippen molar-refractivity contribution in [2.24, 2.45) is 58.2 Å². The summed E-state index contributed by atoms with van der Waals surface area (Å²) in [4.78, 5) is 14.3. The van der Waals surface area contributed by atoms with E-state index in [-0.39, 0.29) is 19.3 Å². The van der Waals surface area contributed by atoms with Crippen LogP contribution in [0.5, 0.6) is 0 Å². The second kappa shape index (κ2) is 15.5. The zero-order chi connectivity index (χ0) is 31.2. The third-order valence-electron chi connectivity index (χ3n) is 13.4. The minimum absolute atomic E-state index is 0.0419. The Balaban J connectivity index is 1.29. The summed E-state index contributed by atoms with van der Waals surface area (Å²) in [7, 11) is 0. The Morgan fingerprint density at radius 1 is 1.02 bits per heavy atom. The van der Waals surface area contributed by atoms with Gasteiger partial charge in [0.15, 0.2) is 0 Å². The van der Waals surface area contributed by atoms with Crippen LogP contribution in [0.15, 0.2) is 11.6 Å². The van der Waals surface area contributed by atoms with Gasteiger partial charge in [0, 0.05) is 26.2 Å². The van der Waals surface area contributed by atoms with Crippen LogP contribution in [0.25, 0.3) is 0 Å². The molecule has 3 N–H and O–H groups in total. The topological polar surface area (TPSA) is 82.0 Å². The minimum Gasteiger partial charge on any atom is -0.449 e. The van der Waals surface area contributed by atoms with Gasteiger partial charge in [-0.15, -0.1) is 0 Å². The van der Waals surface area contributed by atoms with E-state index in [1.807, 2.05) is 4.90 Å². The summed E-state index contributed by atoms with van der Waals surface area (Å²) in [6, 6.07) is 0. The first-order valence-corrected chi connectivity index (χ1v) is 18.1. The number of aliphatic hydroxyl groups excluding tert-OH is 2. The number of hydrogen-bond acceptors (Lipinski definition) is 5. The maximum atomic E-state index is 12.4. The molecule has 1 amide bonds. The fourth-order valence-corrected chi connectivity index (χ4v) is 10.7. The Morgan fingerprint density at radius 2 is 1.77 bits per heavy atom. The number of hydrogen-bond donors (Lipinski definition) is 3. The van der Waals surface area contributed by atoms with Crippen molar-refractivity contribution < 1.29 is 19.7 Å². The van der Waals surface area contributed by atoms with E-state index in [1.165, 1.54) is 57.8 Å². The molecule has 4 aliphatic rings. The van der Waals surface area contributed by atoms with E-state index >= 15 is 0 Å². The van der Waals surface area contributed by atoms with E-state index in [4.69, 9.17) is 14.9 Å². The van der Waals surface area contributed by atoms with Gasteiger partial charge in [-0.1, -0.05) is 66.0 Å². The van der Waals surface area contributed by atoms with Crippen molar-refractivity contribution >= 4 is 6.09 Å². The van der Waals surface area contributed by atoms with Gasteiger partial charge in [0.2, 0.25) is 0 Å². The molecule has 0 aliphatic heterocycles. The Morgan fingerprint density at radius 3 is 2.44 bits per heavy atom. The third kappa shape index (κ3) is 7.83. The van der Waals surface area contributed by atoms with E-state index in [2.05, 4.69) is 52.9 Å². The first-order chi connectivity index (χ1) is 20.6. The smallest absolute Gasteiger partial charge is 0.407 e. The number of alkyl carbamates (subject to hydrolysis) is 1. The maximum absolute atomic E-state index is 12.4. The number of aliphatic hydroxyl groups is 2. The highest BCUT2D eigenvalue weighted by molar-refractivity contribution is 5.67. The SMILES string of the molecule is CC[C@H](CC[C@@H](C)[C@H]1CCC2[C@@H]3CC=C4C[C@@H](COC(=O)NCCN(CCO)CCO)CC[C@]4(C)C3CC[C@@]21C)C(C)C. The Kier molecular flexibility index (Phi) is 12.5. The van der Waals surface area contributed by atoms with E-state index in [0.29, 0.717) is 49.5 Å². The highest BCUT2D eigenvalue weighted by Crippen LogP contribution is 2.67. The summed E-state index contributed by atoms with van der Waals surface area (Å²) in [6.07, 6.45) is 16.8. The standard InChI is InChI=1S/C37H66N2O4/c1-7-29(26(2)3)9-8-27(4)32-12-13-33-31-11-10-30-24-28(14-16-36(30,5)34(31)15-17-37(32,33)6)25-43-35(42)38-18-19-39(20-22-40)21-23-41/h10,26-29,31-34,40-41H,7-9,11-25H2,1-6H3,(H,38,42)/t27-,28+,29-,31+,32-,33?,34?,36+,37-/m1/s1. The van der Waals surface area contributed by atoms with E-state index in [9.17, 15) is 4.79 Å². The lowest BCUT2D eigenvalue weighted by Gasteiger charge is -2.58. The summed E-state index contributed by atoms with van der Waals surface area (Å²) >= 11 is 0. The predicted molar refractivity (Wildman–Crippen MR) is 176 cm³/mol. The first-order valence-electron chi connectivity index (χ1n) is 18.1. The van der Waals surface area contributed by atoms with Gasteiger partial charge in [-0.3, -0.25) is 4.90 Å². The maximum Gasteiger partial charge on any atom is 0.407 e. The monoisotopic (exact) mass is 603 g/mol. The number of allylic oxidation sites excluding steroid dienone is 2. The van der Waals surface area contributed by atoms with Crippen LogP contribution >= 0.6 is 0 Å². The van der Waals surface area contributed by atoms with Gasteiger partial charge in [-0.05, 0) is 116 Å². The second-order valence-corrected chi connectivity index (χ2v) is 15.9. The molecule has 4 rings (SSSR count). The summed E-state index contributed by atoms with van der Waals surface area (Å²) in [6.45, 7) is 17.7. The van der Waals surface area contributed by atoms with Crippen molar-refractivity contribution in [1.29, 1.82) is 0 Å². The molecule has 9 atom stereocenters. The molecule has 0 bridgehead atoms. The summed E-state index contributed by atoms with van der Waals surface area (Å²) in [5.74, 6) is 6.38. The van der Waals surface area contributed by atoms with E-state index in [1.54, 1.807) is 5.57 Å². The van der Waals surface area contributed by atoms with Gasteiger partial charge >= 0.3 is 6.09 Å². The number of nitrogens with one attached hydrogen (secondary N) is 1. The molecular weight excluding hydrogens is 536 g/mol. The fourth-order valence-electron chi connectivity index (χ4n) is 10.7. The third-order valence-corrected chi connectivity index (χ3v) is 13.4. The molecule has 6 heteroatoms. The molecule has 6 nitrogen and oxygen atoms in total. The van der Waals surface area contributed by atoms with Gasteiger partial charge in [-0.2, -0.15) is 0 Å². The first kappa shape index (κ1) is 34.8. The normalized spacial score (nSPS) is 35.1. The lowest BCUT2D eigenvalue weighted by atomic mass is 9.46. The lowest BCUT2D eigenvalue weighted by Crippen LogP contribution is -2.50. The fraction of sp³-hybridized carbons (Fsp3) is 0.919. The van der Waals surface area contributed by atoms with Gasteiger partial charge in [0.1, 0.15) is 0 Å². The molecule has 0 heterocycles. The number of carbonyl (C=O) groups excluding carboxylic acids is 1. The second-order valence-electron chi connectivity index (χ2n) is 15.9.